The third-order valence-corrected chi connectivity index (χ3v) is 6.30. The van der Waals surface area contributed by atoms with Gasteiger partial charge in [0, 0.05) is 18.3 Å². The van der Waals surface area contributed by atoms with Crippen LogP contribution in [0.15, 0.2) is 0 Å². The Bertz CT molecular complexity index is 389. The number of rotatable bonds is 1. The molecular weight excluding hydrogens is 228 g/mol. The average Bonchev–Trinajstić information content (AvgIpc) is 2.87. The fourth-order valence-electron chi connectivity index (χ4n) is 5.29. The minimum atomic E-state index is -0.931. The maximum atomic E-state index is 11.0. The number of hydrogen-bond donors (Lipinski definition) is 1. The van der Waals surface area contributed by atoms with Gasteiger partial charge >= 0.3 is 0 Å². The van der Waals surface area contributed by atoms with Crippen LogP contribution in [-0.2, 0) is 9.47 Å². The van der Waals surface area contributed by atoms with Crippen molar-refractivity contribution in [1.29, 1.82) is 0 Å². The van der Waals surface area contributed by atoms with Crippen molar-refractivity contribution in [3.05, 3.63) is 0 Å². The molecule has 1 N–H and O–H groups in total. The number of aliphatic hydroxyl groups is 1. The Kier molecular flexibility index (Phi) is 2.03. The molecule has 3 heterocycles. The molecule has 102 valence electrons. The first kappa shape index (κ1) is 11.7. The van der Waals surface area contributed by atoms with Gasteiger partial charge in [-0.3, -0.25) is 0 Å². The molecule has 0 aromatic carbocycles. The highest BCUT2D eigenvalue weighted by Gasteiger charge is 2.76. The summed E-state index contributed by atoms with van der Waals surface area (Å²) in [6.45, 7) is 7.55. The van der Waals surface area contributed by atoms with Crippen LogP contribution < -0.4 is 0 Å². The molecule has 6 unspecified atom stereocenters. The minimum absolute atomic E-state index is 0.0403. The van der Waals surface area contributed by atoms with Crippen LogP contribution in [0.2, 0.25) is 0 Å². The SMILES string of the molecule is CC(C)C1CC23OC1(O)CC1(CO1)C2CCC3C. The van der Waals surface area contributed by atoms with Crippen molar-refractivity contribution in [2.75, 3.05) is 6.61 Å². The van der Waals surface area contributed by atoms with E-state index in [0.717, 1.165) is 13.0 Å². The first-order chi connectivity index (χ1) is 8.42. The van der Waals surface area contributed by atoms with E-state index in [1.54, 1.807) is 0 Å². The highest BCUT2D eigenvalue weighted by molar-refractivity contribution is 5.22. The molecule has 0 radical (unpaired) electrons. The fraction of sp³-hybridized carbons (Fsp3) is 1.00. The van der Waals surface area contributed by atoms with Gasteiger partial charge in [-0.2, -0.15) is 0 Å². The zero-order chi connectivity index (χ0) is 12.8. The second-order valence-electron chi connectivity index (χ2n) is 7.52. The van der Waals surface area contributed by atoms with Crippen LogP contribution in [0.4, 0.5) is 0 Å². The molecule has 4 rings (SSSR count). The quantitative estimate of drug-likeness (QED) is 0.728. The largest absolute Gasteiger partial charge is 0.369 e. The Hall–Kier alpha value is -0.120. The smallest absolute Gasteiger partial charge is 0.172 e. The second kappa shape index (κ2) is 3.13. The molecule has 2 spiro atoms. The predicted octanol–water partition coefficient (Wildman–Crippen LogP) is 2.33. The highest BCUT2D eigenvalue weighted by atomic mass is 16.7. The van der Waals surface area contributed by atoms with Crippen LogP contribution in [0.5, 0.6) is 0 Å². The summed E-state index contributed by atoms with van der Waals surface area (Å²) in [4.78, 5) is 0. The molecule has 3 aliphatic heterocycles. The summed E-state index contributed by atoms with van der Waals surface area (Å²) in [7, 11) is 0. The maximum absolute atomic E-state index is 11.0. The van der Waals surface area contributed by atoms with Crippen molar-refractivity contribution in [3.63, 3.8) is 0 Å². The maximum Gasteiger partial charge on any atom is 0.172 e. The van der Waals surface area contributed by atoms with Gasteiger partial charge in [0.1, 0.15) is 5.60 Å². The number of hydrogen-bond acceptors (Lipinski definition) is 3. The molecule has 2 bridgehead atoms. The summed E-state index contributed by atoms with van der Waals surface area (Å²) in [5.41, 5.74) is -0.139. The molecule has 1 aliphatic carbocycles. The highest BCUT2D eigenvalue weighted by Crippen LogP contribution is 2.68. The van der Waals surface area contributed by atoms with Crippen LogP contribution in [0, 0.1) is 23.7 Å². The van der Waals surface area contributed by atoms with Crippen LogP contribution in [0.1, 0.15) is 46.5 Å². The van der Waals surface area contributed by atoms with E-state index < -0.39 is 5.79 Å². The number of ether oxygens (including phenoxy) is 2. The van der Waals surface area contributed by atoms with Crippen LogP contribution >= 0.6 is 0 Å². The van der Waals surface area contributed by atoms with Crippen molar-refractivity contribution in [3.8, 4) is 0 Å². The molecular formula is C15H24O3. The lowest BCUT2D eigenvalue weighted by Crippen LogP contribution is -2.55. The molecule has 3 saturated heterocycles. The zero-order valence-corrected chi connectivity index (χ0v) is 11.6. The third-order valence-electron chi connectivity index (χ3n) is 6.30. The molecule has 3 nitrogen and oxygen atoms in total. The standard InChI is InChI=1S/C15H24O3/c1-9(2)11-6-14-10(3)4-5-12(14)13(8-17-13)7-15(11,16)18-14/h9-12,16H,4-8H2,1-3H3. The lowest BCUT2D eigenvalue weighted by molar-refractivity contribution is -0.297. The number of fused-ring (bicyclic) bond motifs is 2. The minimum Gasteiger partial charge on any atom is -0.369 e. The summed E-state index contributed by atoms with van der Waals surface area (Å²) in [6.07, 6.45) is 4.15. The Balaban J connectivity index is 1.80. The Morgan fingerprint density at radius 2 is 2.00 bits per heavy atom. The monoisotopic (exact) mass is 252 g/mol. The summed E-state index contributed by atoms with van der Waals surface area (Å²) in [6, 6.07) is 0. The Morgan fingerprint density at radius 1 is 1.28 bits per heavy atom. The first-order valence-electron chi connectivity index (χ1n) is 7.48. The topological polar surface area (TPSA) is 42.0 Å². The van der Waals surface area contributed by atoms with Crippen molar-refractivity contribution in [2.24, 2.45) is 23.7 Å². The van der Waals surface area contributed by atoms with Gasteiger partial charge in [-0.05, 0) is 31.1 Å². The van der Waals surface area contributed by atoms with Crippen LogP contribution in [0.3, 0.4) is 0 Å². The second-order valence-corrected chi connectivity index (χ2v) is 7.52. The van der Waals surface area contributed by atoms with E-state index in [1.165, 1.54) is 12.8 Å². The van der Waals surface area contributed by atoms with Crippen molar-refractivity contribution in [2.45, 2.75) is 63.4 Å². The van der Waals surface area contributed by atoms with Gasteiger partial charge in [0.15, 0.2) is 5.79 Å². The van der Waals surface area contributed by atoms with E-state index in [-0.39, 0.29) is 17.1 Å². The average molecular weight is 252 g/mol. The van der Waals surface area contributed by atoms with Gasteiger partial charge in [-0.25, -0.2) is 0 Å². The summed E-state index contributed by atoms with van der Waals surface area (Å²) in [5.74, 6) is 0.878. The summed E-state index contributed by atoms with van der Waals surface area (Å²) >= 11 is 0. The lowest BCUT2D eigenvalue weighted by Gasteiger charge is -2.45. The molecule has 3 heteroatoms. The molecule has 0 aromatic heterocycles. The van der Waals surface area contributed by atoms with Crippen molar-refractivity contribution < 1.29 is 14.6 Å². The molecule has 0 aromatic rings. The van der Waals surface area contributed by atoms with E-state index >= 15 is 0 Å². The Labute approximate surface area is 109 Å². The van der Waals surface area contributed by atoms with E-state index in [2.05, 4.69) is 20.8 Å². The molecule has 18 heavy (non-hydrogen) atoms. The van der Waals surface area contributed by atoms with Crippen molar-refractivity contribution in [1.82, 2.24) is 0 Å². The van der Waals surface area contributed by atoms with Crippen molar-refractivity contribution >= 4 is 0 Å². The lowest BCUT2D eigenvalue weighted by atomic mass is 9.74. The van der Waals surface area contributed by atoms with Gasteiger partial charge in [0.05, 0.1) is 12.2 Å². The normalized spacial score (nSPS) is 61.5. The summed E-state index contributed by atoms with van der Waals surface area (Å²) in [5, 5.41) is 11.0. The zero-order valence-electron chi connectivity index (χ0n) is 11.6. The molecule has 0 amide bonds. The van der Waals surface area contributed by atoms with Crippen LogP contribution in [0.25, 0.3) is 0 Å². The summed E-state index contributed by atoms with van der Waals surface area (Å²) < 4.78 is 12.2. The third kappa shape index (κ3) is 1.17. The predicted molar refractivity (Wildman–Crippen MR) is 66.9 cm³/mol. The Morgan fingerprint density at radius 3 is 2.61 bits per heavy atom. The molecule has 6 atom stereocenters. The van der Waals surface area contributed by atoms with Gasteiger partial charge in [-0.1, -0.05) is 20.8 Å². The molecule has 1 saturated carbocycles. The van der Waals surface area contributed by atoms with Crippen LogP contribution in [-0.4, -0.2) is 28.7 Å². The van der Waals surface area contributed by atoms with E-state index in [0.29, 0.717) is 24.2 Å². The fourth-order valence-corrected chi connectivity index (χ4v) is 5.29. The van der Waals surface area contributed by atoms with Gasteiger partial charge in [0.25, 0.3) is 0 Å². The van der Waals surface area contributed by atoms with E-state index in [9.17, 15) is 5.11 Å². The molecule has 4 aliphatic rings. The number of epoxide rings is 1. The van der Waals surface area contributed by atoms with E-state index in [4.69, 9.17) is 9.47 Å². The van der Waals surface area contributed by atoms with Gasteiger partial charge in [0.2, 0.25) is 0 Å². The van der Waals surface area contributed by atoms with Gasteiger partial charge in [-0.15, -0.1) is 0 Å². The molecule has 4 fully saturated rings. The van der Waals surface area contributed by atoms with Gasteiger partial charge < -0.3 is 14.6 Å². The first-order valence-corrected chi connectivity index (χ1v) is 7.48. The van der Waals surface area contributed by atoms with E-state index in [1.807, 2.05) is 0 Å².